The highest BCUT2D eigenvalue weighted by molar-refractivity contribution is 9.08. The second kappa shape index (κ2) is 5.57. The molecule has 5 nitrogen and oxygen atoms in total. The molecule has 0 unspecified atom stereocenters. The largest absolute Gasteiger partial charge is 0.439 e. The average Bonchev–Trinajstić information content (AvgIpc) is 2.63. The van der Waals surface area contributed by atoms with Crippen molar-refractivity contribution in [1.29, 1.82) is 0 Å². The number of hydrogen-bond acceptors (Lipinski definition) is 4. The first-order chi connectivity index (χ1) is 9.32. The van der Waals surface area contributed by atoms with Crippen molar-refractivity contribution in [3.8, 4) is 11.6 Å². The molecule has 0 aliphatic heterocycles. The summed E-state index contributed by atoms with van der Waals surface area (Å²) in [6.07, 6.45) is 1.18. The van der Waals surface area contributed by atoms with Gasteiger partial charge in [-0.2, -0.15) is 5.10 Å². The van der Waals surface area contributed by atoms with Crippen molar-refractivity contribution in [2.45, 2.75) is 17.1 Å². The van der Waals surface area contributed by atoms with E-state index in [0.717, 1.165) is 11.3 Å². The Morgan fingerprint density at radius 1 is 1.30 bits per heavy atom. The average molecular weight is 359 g/mol. The van der Waals surface area contributed by atoms with Gasteiger partial charge in [0.2, 0.25) is 5.88 Å². The van der Waals surface area contributed by atoms with E-state index in [9.17, 15) is 8.42 Å². The van der Waals surface area contributed by atoms with Gasteiger partial charge in [-0.15, -0.1) is 0 Å². The van der Waals surface area contributed by atoms with Crippen LogP contribution in [0.4, 0.5) is 0 Å². The van der Waals surface area contributed by atoms with E-state index in [2.05, 4.69) is 21.0 Å². The van der Waals surface area contributed by atoms with Gasteiger partial charge >= 0.3 is 0 Å². The molecule has 0 saturated carbocycles. The number of alkyl halides is 1. The van der Waals surface area contributed by atoms with E-state index in [0.29, 0.717) is 17.0 Å². The Hall–Kier alpha value is -1.34. The Bertz CT molecular complexity index is 721. The summed E-state index contributed by atoms with van der Waals surface area (Å²) in [5, 5.41) is 4.94. The molecule has 2 rings (SSSR count). The number of halogens is 1. The lowest BCUT2D eigenvalue weighted by Gasteiger charge is -2.08. The van der Waals surface area contributed by atoms with Crippen LogP contribution in [0.3, 0.4) is 0 Å². The van der Waals surface area contributed by atoms with E-state index in [-0.39, 0.29) is 4.90 Å². The van der Waals surface area contributed by atoms with Crippen LogP contribution in [0.1, 0.15) is 11.3 Å². The summed E-state index contributed by atoms with van der Waals surface area (Å²) >= 11 is 3.41. The number of hydrogen-bond donors (Lipinski definition) is 0. The van der Waals surface area contributed by atoms with Crippen molar-refractivity contribution in [2.75, 3.05) is 6.26 Å². The molecule has 0 atom stereocenters. The minimum absolute atomic E-state index is 0.270. The molecule has 2 aromatic rings. The van der Waals surface area contributed by atoms with Gasteiger partial charge in [0.1, 0.15) is 5.75 Å². The molecule has 7 heteroatoms. The first-order valence-corrected chi connectivity index (χ1v) is 8.90. The van der Waals surface area contributed by atoms with Crippen LogP contribution in [0.15, 0.2) is 29.2 Å². The van der Waals surface area contributed by atoms with Crippen LogP contribution in [0.25, 0.3) is 0 Å². The second-order valence-corrected chi connectivity index (χ2v) is 7.05. The Morgan fingerprint density at radius 3 is 2.40 bits per heavy atom. The highest BCUT2D eigenvalue weighted by Crippen LogP contribution is 2.29. The molecular formula is C13H15BrN2O3S. The van der Waals surface area contributed by atoms with Gasteiger partial charge < -0.3 is 4.74 Å². The predicted octanol–water partition coefficient (Wildman–Crippen LogP) is 2.82. The number of ether oxygens (including phenoxy) is 1. The van der Waals surface area contributed by atoms with Crippen LogP contribution >= 0.6 is 15.9 Å². The van der Waals surface area contributed by atoms with Gasteiger partial charge in [-0.25, -0.2) is 13.1 Å². The fraction of sp³-hybridized carbons (Fsp3) is 0.308. The molecule has 1 aromatic carbocycles. The van der Waals surface area contributed by atoms with Crippen LogP contribution < -0.4 is 4.74 Å². The van der Waals surface area contributed by atoms with Crippen LogP contribution in [0.2, 0.25) is 0 Å². The highest BCUT2D eigenvalue weighted by Gasteiger charge is 2.14. The zero-order valence-electron chi connectivity index (χ0n) is 11.4. The maximum atomic E-state index is 11.4. The minimum Gasteiger partial charge on any atom is -0.439 e. The van der Waals surface area contributed by atoms with E-state index in [1.807, 2.05) is 6.92 Å². The van der Waals surface area contributed by atoms with Crippen molar-refractivity contribution in [2.24, 2.45) is 7.05 Å². The first kappa shape index (κ1) is 15.1. The quantitative estimate of drug-likeness (QED) is 0.788. The molecule has 20 heavy (non-hydrogen) atoms. The van der Waals surface area contributed by atoms with Gasteiger partial charge in [-0.05, 0) is 31.2 Å². The molecule has 0 aliphatic carbocycles. The second-order valence-electron chi connectivity index (χ2n) is 4.47. The summed E-state index contributed by atoms with van der Waals surface area (Å²) in [5.41, 5.74) is 1.87. The van der Waals surface area contributed by atoms with Gasteiger partial charge in [0, 0.05) is 24.2 Å². The maximum absolute atomic E-state index is 11.4. The van der Waals surface area contributed by atoms with Crippen molar-refractivity contribution in [3.63, 3.8) is 0 Å². The van der Waals surface area contributed by atoms with Crippen LogP contribution in [0.5, 0.6) is 11.6 Å². The van der Waals surface area contributed by atoms with Crippen molar-refractivity contribution in [1.82, 2.24) is 9.78 Å². The molecule has 1 heterocycles. The number of aryl methyl sites for hydroxylation is 2. The van der Waals surface area contributed by atoms with Gasteiger partial charge in [0.25, 0.3) is 0 Å². The Morgan fingerprint density at radius 2 is 1.90 bits per heavy atom. The molecule has 0 N–H and O–H groups in total. The monoisotopic (exact) mass is 358 g/mol. The van der Waals surface area contributed by atoms with Crippen molar-refractivity contribution in [3.05, 3.63) is 35.5 Å². The number of aromatic nitrogens is 2. The fourth-order valence-electron chi connectivity index (χ4n) is 1.83. The smallest absolute Gasteiger partial charge is 0.221 e. The minimum atomic E-state index is -3.19. The van der Waals surface area contributed by atoms with Gasteiger partial charge in [0.15, 0.2) is 9.84 Å². The lowest BCUT2D eigenvalue weighted by Crippen LogP contribution is -1.98. The molecule has 0 bridgehead atoms. The van der Waals surface area contributed by atoms with Gasteiger partial charge in [-0.1, -0.05) is 15.9 Å². The summed E-state index contributed by atoms with van der Waals surface area (Å²) in [6.45, 7) is 1.91. The highest BCUT2D eigenvalue weighted by atomic mass is 79.9. The van der Waals surface area contributed by atoms with Crippen LogP contribution in [-0.4, -0.2) is 24.5 Å². The van der Waals surface area contributed by atoms with E-state index < -0.39 is 9.84 Å². The lowest BCUT2D eigenvalue weighted by molar-refractivity contribution is 0.427. The number of rotatable bonds is 4. The fourth-order valence-corrected chi connectivity index (χ4v) is 3.10. The van der Waals surface area contributed by atoms with E-state index in [1.165, 1.54) is 18.4 Å². The van der Waals surface area contributed by atoms with E-state index in [1.54, 1.807) is 23.9 Å². The maximum Gasteiger partial charge on any atom is 0.221 e. The number of benzene rings is 1. The summed E-state index contributed by atoms with van der Waals surface area (Å²) in [5.74, 6) is 1.22. The van der Waals surface area contributed by atoms with Crippen molar-refractivity contribution >= 4 is 25.8 Å². The Labute approximate surface area is 126 Å². The summed E-state index contributed by atoms with van der Waals surface area (Å²) < 4.78 is 30.3. The topological polar surface area (TPSA) is 61.2 Å². The zero-order valence-corrected chi connectivity index (χ0v) is 13.8. The predicted molar refractivity (Wildman–Crippen MR) is 80.2 cm³/mol. The summed E-state index contributed by atoms with van der Waals surface area (Å²) in [4.78, 5) is 0.270. The standard InChI is InChI=1S/C13H15BrN2O3S/c1-9-12(8-14)13(16(2)15-9)19-10-4-6-11(7-5-10)20(3,17)18/h4-7H,8H2,1-3H3. The van der Waals surface area contributed by atoms with Crippen LogP contribution in [0, 0.1) is 6.92 Å². The van der Waals surface area contributed by atoms with Crippen molar-refractivity contribution < 1.29 is 13.2 Å². The summed E-state index contributed by atoms with van der Waals surface area (Å²) in [7, 11) is -1.38. The zero-order chi connectivity index (χ0) is 14.9. The molecule has 0 fully saturated rings. The summed E-state index contributed by atoms with van der Waals surface area (Å²) in [6, 6.07) is 6.33. The SMILES string of the molecule is Cc1nn(C)c(Oc2ccc(S(C)(=O)=O)cc2)c1CBr. The van der Waals surface area contributed by atoms with Gasteiger partial charge in [-0.3, -0.25) is 0 Å². The lowest BCUT2D eigenvalue weighted by atomic mass is 10.3. The Kier molecular flexibility index (Phi) is 4.19. The third kappa shape index (κ3) is 3.04. The van der Waals surface area contributed by atoms with E-state index >= 15 is 0 Å². The number of nitrogens with zero attached hydrogens (tertiary/aromatic N) is 2. The van der Waals surface area contributed by atoms with Crippen LogP contribution in [-0.2, 0) is 22.2 Å². The van der Waals surface area contributed by atoms with E-state index in [4.69, 9.17) is 4.74 Å². The molecular weight excluding hydrogens is 344 g/mol. The third-order valence-corrected chi connectivity index (χ3v) is 4.58. The third-order valence-electron chi connectivity index (χ3n) is 2.89. The first-order valence-electron chi connectivity index (χ1n) is 5.89. The van der Waals surface area contributed by atoms with Gasteiger partial charge in [0.05, 0.1) is 10.6 Å². The molecule has 0 radical (unpaired) electrons. The Balaban J connectivity index is 2.32. The molecule has 0 amide bonds. The molecule has 108 valence electrons. The molecule has 0 saturated heterocycles. The molecule has 0 spiro atoms. The molecule has 1 aromatic heterocycles. The molecule has 0 aliphatic rings. The number of sulfone groups is 1. The normalized spacial score (nSPS) is 11.6.